The number of unbranched alkanes of at least 4 members (excludes halogenated alkanes) is 5. The molecule has 0 saturated carbocycles. The maximum absolute atomic E-state index is 5.40. The van der Waals surface area contributed by atoms with Gasteiger partial charge in [0, 0.05) is 0 Å². The molecule has 13 radical (unpaired) electrons. The van der Waals surface area contributed by atoms with Gasteiger partial charge in [0.05, 0.1) is 39.2 Å². The molecule has 0 saturated heterocycles. The summed E-state index contributed by atoms with van der Waals surface area (Å²) in [6.45, 7) is 33.6. The van der Waals surface area contributed by atoms with Crippen molar-refractivity contribution in [1.29, 1.82) is 0 Å². The van der Waals surface area contributed by atoms with Crippen molar-refractivity contribution in [3.8, 4) is 0 Å². The molecule has 1 atom stereocenters. The normalized spacial score (nSPS) is 9.82. The van der Waals surface area contributed by atoms with Crippen LogP contribution < -0.4 is 0 Å². The summed E-state index contributed by atoms with van der Waals surface area (Å²) < 4.78 is 0. The smallest absolute Gasteiger partial charge is 0.0887 e. The van der Waals surface area contributed by atoms with Gasteiger partial charge in [0.2, 0.25) is 0 Å². The van der Waals surface area contributed by atoms with E-state index in [4.69, 9.17) is 39.2 Å². The van der Waals surface area contributed by atoms with Crippen LogP contribution in [0.15, 0.2) is 0 Å². The fourth-order valence-corrected chi connectivity index (χ4v) is 2.54. The van der Waals surface area contributed by atoms with Crippen LogP contribution in [0.4, 0.5) is 0 Å². The lowest BCUT2D eigenvalue weighted by atomic mass is 9.64. The summed E-state index contributed by atoms with van der Waals surface area (Å²) in [6, 6.07) is 0. The molecular formula is C37H85B8. The topological polar surface area (TPSA) is 0 Å². The minimum absolute atomic E-state index is 0. The summed E-state index contributed by atoms with van der Waals surface area (Å²) in [5.41, 5.74) is 0. The van der Waals surface area contributed by atoms with Crippen molar-refractivity contribution < 1.29 is 0 Å². The molecule has 0 amide bonds. The molecule has 0 rings (SSSR count). The summed E-state index contributed by atoms with van der Waals surface area (Å²) in [6.07, 6.45) is 20.5. The van der Waals surface area contributed by atoms with Crippen LogP contribution in [0, 0.1) is 0 Å². The minimum Gasteiger partial charge on any atom is -0.0887 e. The van der Waals surface area contributed by atoms with E-state index in [-0.39, 0.29) is 5.31 Å². The van der Waals surface area contributed by atoms with Crippen LogP contribution in [0.2, 0.25) is 67.0 Å². The molecule has 45 heavy (non-hydrogen) atoms. The van der Waals surface area contributed by atoms with E-state index in [1.165, 1.54) is 89.4 Å². The molecule has 8 heteroatoms. The molecular weight excluding hydrogens is 531 g/mol. The molecule has 0 fully saturated rings. The van der Waals surface area contributed by atoms with Gasteiger partial charge in [-0.25, -0.2) is 0 Å². The van der Waals surface area contributed by atoms with Crippen molar-refractivity contribution in [2.24, 2.45) is 0 Å². The lowest BCUT2D eigenvalue weighted by Gasteiger charge is -2.05. The molecule has 0 aliphatic carbocycles. The molecule has 1 unspecified atom stereocenters. The second kappa shape index (κ2) is 66.8. The summed E-state index contributed by atoms with van der Waals surface area (Å²) in [7, 11) is 33.2. The number of hydrogen-bond acceptors (Lipinski definition) is 0. The highest BCUT2D eigenvalue weighted by Crippen LogP contribution is 2.13. The predicted octanol–water partition coefficient (Wildman–Crippen LogP) is 13.5. The van der Waals surface area contributed by atoms with Gasteiger partial charge in [-0.15, -0.1) is 0 Å². The molecule has 0 bridgehead atoms. The zero-order valence-corrected chi connectivity index (χ0v) is 34.9. The fraction of sp³-hybridized carbons (Fsp3) is 1.00. The van der Waals surface area contributed by atoms with Crippen LogP contribution in [0.3, 0.4) is 0 Å². The Kier molecular flexibility index (Phi) is 95.2. The second-order valence-electron chi connectivity index (χ2n) is 13.2. The van der Waals surface area contributed by atoms with E-state index >= 15 is 0 Å². The second-order valence-corrected chi connectivity index (χ2v) is 13.2. The van der Waals surface area contributed by atoms with Crippen LogP contribution in [0.5, 0.6) is 0 Å². The van der Waals surface area contributed by atoms with Gasteiger partial charge in [0.1, 0.15) is 21.8 Å². The lowest BCUT2D eigenvalue weighted by molar-refractivity contribution is 0.701. The van der Waals surface area contributed by atoms with Gasteiger partial charge < -0.3 is 0 Å². The first-order valence-corrected chi connectivity index (χ1v) is 19.1. The summed E-state index contributed by atoms with van der Waals surface area (Å²) in [4.78, 5) is 0. The molecule has 0 aliphatic rings. The Morgan fingerprint density at radius 1 is 0.533 bits per heavy atom. The van der Waals surface area contributed by atoms with Gasteiger partial charge in [-0.1, -0.05) is 242 Å². The van der Waals surface area contributed by atoms with E-state index in [0.29, 0.717) is 11.6 Å². The summed E-state index contributed by atoms with van der Waals surface area (Å²) in [5, 5.41) is 0. The van der Waals surface area contributed by atoms with Crippen molar-refractivity contribution in [2.75, 3.05) is 0 Å². The van der Waals surface area contributed by atoms with Gasteiger partial charge in [0.15, 0.2) is 0 Å². The Balaban J connectivity index is -0.0000000583. The summed E-state index contributed by atoms with van der Waals surface area (Å²) in [5.74, 6) is 1.50. The Labute approximate surface area is 302 Å². The van der Waals surface area contributed by atoms with Crippen molar-refractivity contribution >= 4 is 61.1 Å². The third kappa shape index (κ3) is 235. The van der Waals surface area contributed by atoms with Crippen LogP contribution in [0.1, 0.15) is 175 Å². The van der Waals surface area contributed by atoms with E-state index in [2.05, 4.69) is 91.1 Å². The molecule has 0 nitrogen and oxygen atoms in total. The van der Waals surface area contributed by atoms with E-state index < -0.39 is 0 Å². The van der Waals surface area contributed by atoms with Crippen molar-refractivity contribution in [2.45, 2.75) is 242 Å². The maximum atomic E-state index is 5.40. The van der Waals surface area contributed by atoms with Gasteiger partial charge >= 0.3 is 0 Å². The third-order valence-electron chi connectivity index (χ3n) is 4.69. The minimum atomic E-state index is 0. The Morgan fingerprint density at radius 2 is 0.911 bits per heavy atom. The van der Waals surface area contributed by atoms with Crippen molar-refractivity contribution in [1.82, 2.24) is 0 Å². The largest absolute Gasteiger partial charge is 0.112 e. The molecule has 0 aromatic rings. The van der Waals surface area contributed by atoms with Gasteiger partial charge in [0.25, 0.3) is 0 Å². The van der Waals surface area contributed by atoms with Gasteiger partial charge in [-0.3, -0.25) is 0 Å². The highest BCUT2D eigenvalue weighted by atomic mass is 13.9. The molecule has 0 heterocycles. The Hall–Kier alpha value is 0.519. The van der Waals surface area contributed by atoms with E-state index in [0.717, 1.165) is 24.9 Å². The molecule has 0 aromatic heterocycles. The SMILES string of the molecule is CC[B]C(C)C.CC[B]CC.CC[B]CCCC.[B]C(C)(C)C.[B]C(C)C.[B]C(C)CCC.[B]CCCC.[B]CCCCCC. The van der Waals surface area contributed by atoms with Crippen LogP contribution >= 0.6 is 0 Å². The first-order valence-electron chi connectivity index (χ1n) is 19.1. The van der Waals surface area contributed by atoms with Crippen LogP contribution in [0.25, 0.3) is 0 Å². The van der Waals surface area contributed by atoms with Gasteiger partial charge in [-0.05, 0) is 0 Å². The molecule has 0 spiro atoms. The van der Waals surface area contributed by atoms with Crippen LogP contribution in [-0.4, -0.2) is 61.1 Å². The zero-order chi connectivity index (χ0) is 37.4. The van der Waals surface area contributed by atoms with E-state index in [1.54, 1.807) is 0 Å². The predicted molar refractivity (Wildman–Crippen MR) is 231 cm³/mol. The Bertz CT molecular complexity index is 327. The first kappa shape index (κ1) is 64.1. The van der Waals surface area contributed by atoms with Crippen molar-refractivity contribution in [3.63, 3.8) is 0 Å². The van der Waals surface area contributed by atoms with Crippen LogP contribution in [-0.2, 0) is 0 Å². The average Bonchev–Trinajstić information content (AvgIpc) is 2.91. The van der Waals surface area contributed by atoms with Gasteiger partial charge in [-0.2, -0.15) is 0 Å². The highest BCUT2D eigenvalue weighted by Gasteiger charge is 1.95. The number of rotatable bonds is 16. The quantitative estimate of drug-likeness (QED) is 0.120. The molecule has 0 aliphatic heterocycles. The number of hydrogen-bond donors (Lipinski definition) is 0. The highest BCUT2D eigenvalue weighted by molar-refractivity contribution is 6.37. The zero-order valence-electron chi connectivity index (χ0n) is 34.9. The lowest BCUT2D eigenvalue weighted by Crippen LogP contribution is -1.90. The Morgan fingerprint density at radius 3 is 1.04 bits per heavy atom. The first-order chi connectivity index (χ1) is 20.9. The van der Waals surface area contributed by atoms with E-state index in [9.17, 15) is 0 Å². The third-order valence-corrected chi connectivity index (χ3v) is 4.69. The monoisotopic (exact) mass is 618 g/mol. The van der Waals surface area contributed by atoms with Crippen molar-refractivity contribution in [3.05, 3.63) is 0 Å². The molecule has 257 valence electrons. The standard InChI is InChI=1S/C6H14B.C6H13B.C5H12B.C5H11B.C4H9B.C4H10B.C4H9B.C3H7B/c1-3-5-6-7-4-2;1-2-3-4-5-6-7;1-4-6-5(2)3;1-3-4-5(2)6;1-4(2,3)5;1-3-5-4-2;1-2-3-4-5;1-3(2)4/h3-6H2,1-2H3;2-6H2,1H3;5H,4H2,1-3H3;5H,3-4H2,1-2H3;1-3H3;3-4H2,1-2H3;2-4H2,1H3;3H,1-2H3. The molecule has 0 aromatic carbocycles. The summed E-state index contributed by atoms with van der Waals surface area (Å²) >= 11 is 0. The maximum Gasteiger partial charge on any atom is 0.112 e. The fourth-order valence-electron chi connectivity index (χ4n) is 2.54. The average molecular weight is 617 g/mol. The molecule has 0 N–H and O–H groups in total. The van der Waals surface area contributed by atoms with E-state index in [1.807, 2.05) is 41.5 Å².